The standard InChI is InChI=1S/C24H28N4O6S2/c1-15-16(2)35-23(25-15)21(14-18-9-11-19(12-10-18)28-36(31,32)33)26-22(29)20(27-24(30)34-3)13-17-7-5-4-6-8-17/h4-12,20-21,28H,13-14H2,1-3H3,(H,26,29)(H,27,30)(H,31,32,33). The maximum absolute atomic E-state index is 13.4. The molecule has 2 atom stereocenters. The minimum atomic E-state index is -4.38. The monoisotopic (exact) mass is 532 g/mol. The van der Waals surface area contributed by atoms with E-state index < -0.39 is 34.4 Å². The number of ether oxygens (including phenoxy) is 1. The third-order valence-electron chi connectivity index (χ3n) is 5.38. The van der Waals surface area contributed by atoms with Crippen molar-refractivity contribution in [1.29, 1.82) is 0 Å². The lowest BCUT2D eigenvalue weighted by Crippen LogP contribution is -2.49. The lowest BCUT2D eigenvalue weighted by atomic mass is 10.0. The Morgan fingerprint density at radius 1 is 1.00 bits per heavy atom. The highest BCUT2D eigenvalue weighted by molar-refractivity contribution is 7.87. The van der Waals surface area contributed by atoms with E-state index in [4.69, 9.17) is 9.29 Å². The molecule has 0 aliphatic rings. The van der Waals surface area contributed by atoms with Gasteiger partial charge in [-0.2, -0.15) is 8.42 Å². The molecule has 0 spiro atoms. The van der Waals surface area contributed by atoms with Gasteiger partial charge in [-0.1, -0.05) is 42.5 Å². The molecule has 0 fully saturated rings. The second-order valence-corrected chi connectivity index (χ2v) is 10.5. The van der Waals surface area contributed by atoms with Crippen LogP contribution < -0.4 is 15.4 Å². The Hall–Kier alpha value is -3.48. The molecular weight excluding hydrogens is 504 g/mol. The van der Waals surface area contributed by atoms with Gasteiger partial charge in [0.2, 0.25) is 5.91 Å². The highest BCUT2D eigenvalue weighted by Crippen LogP contribution is 2.26. The van der Waals surface area contributed by atoms with Crippen LogP contribution in [0, 0.1) is 13.8 Å². The molecule has 2 amide bonds. The number of thiazole rings is 1. The van der Waals surface area contributed by atoms with Gasteiger partial charge in [0.25, 0.3) is 0 Å². The minimum Gasteiger partial charge on any atom is -0.453 e. The third-order valence-corrected chi connectivity index (χ3v) is 7.06. The maximum atomic E-state index is 13.4. The van der Waals surface area contributed by atoms with E-state index in [0.29, 0.717) is 11.4 Å². The number of anilines is 1. The first kappa shape index (κ1) is 27.1. The lowest BCUT2D eigenvalue weighted by Gasteiger charge is -2.22. The predicted molar refractivity (Wildman–Crippen MR) is 137 cm³/mol. The summed E-state index contributed by atoms with van der Waals surface area (Å²) in [5.74, 6) is -0.399. The van der Waals surface area contributed by atoms with Crippen molar-refractivity contribution in [2.45, 2.75) is 38.8 Å². The zero-order chi connectivity index (χ0) is 26.3. The van der Waals surface area contributed by atoms with Crippen LogP contribution in [-0.4, -0.2) is 43.1 Å². The van der Waals surface area contributed by atoms with Crippen molar-refractivity contribution in [1.82, 2.24) is 15.6 Å². The van der Waals surface area contributed by atoms with Crippen LogP contribution in [0.15, 0.2) is 54.6 Å². The molecule has 192 valence electrons. The zero-order valence-electron chi connectivity index (χ0n) is 20.0. The lowest BCUT2D eigenvalue weighted by molar-refractivity contribution is -0.123. The van der Waals surface area contributed by atoms with E-state index in [1.165, 1.54) is 30.6 Å². The number of carbonyl (C=O) groups excluding carboxylic acids is 2. The summed E-state index contributed by atoms with van der Waals surface area (Å²) in [5.41, 5.74) is 2.73. The Kier molecular flexibility index (Phi) is 9.02. The molecule has 0 saturated heterocycles. The van der Waals surface area contributed by atoms with Crippen LogP contribution in [0.4, 0.5) is 10.5 Å². The summed E-state index contributed by atoms with van der Waals surface area (Å²) in [5, 5.41) is 6.32. The number of aryl methyl sites for hydroxylation is 2. The van der Waals surface area contributed by atoms with Gasteiger partial charge in [0.1, 0.15) is 11.0 Å². The number of hydrogen-bond donors (Lipinski definition) is 4. The number of nitrogens with zero attached hydrogens (tertiary/aromatic N) is 1. The molecule has 0 aliphatic carbocycles. The molecule has 12 heteroatoms. The van der Waals surface area contributed by atoms with Crippen molar-refractivity contribution in [3.05, 3.63) is 81.3 Å². The van der Waals surface area contributed by atoms with Crippen molar-refractivity contribution in [2.75, 3.05) is 11.8 Å². The highest BCUT2D eigenvalue weighted by Gasteiger charge is 2.26. The van der Waals surface area contributed by atoms with Crippen LogP contribution in [0.25, 0.3) is 0 Å². The van der Waals surface area contributed by atoms with E-state index in [2.05, 4.69) is 15.6 Å². The van der Waals surface area contributed by atoms with Crippen LogP contribution in [0.1, 0.15) is 32.7 Å². The first-order chi connectivity index (χ1) is 17.0. The largest absolute Gasteiger partial charge is 0.453 e. The molecule has 10 nitrogen and oxygen atoms in total. The molecule has 2 unspecified atom stereocenters. The van der Waals surface area contributed by atoms with Crippen molar-refractivity contribution in [3.63, 3.8) is 0 Å². The highest BCUT2D eigenvalue weighted by atomic mass is 32.2. The molecule has 1 heterocycles. The van der Waals surface area contributed by atoms with Gasteiger partial charge < -0.3 is 15.4 Å². The Balaban J connectivity index is 1.84. The number of alkyl carbamates (subject to hydrolysis) is 1. The minimum absolute atomic E-state index is 0.202. The number of amides is 2. The van der Waals surface area contributed by atoms with Gasteiger partial charge in [0.05, 0.1) is 24.5 Å². The summed E-state index contributed by atoms with van der Waals surface area (Å²) in [4.78, 5) is 31.0. The van der Waals surface area contributed by atoms with Crippen molar-refractivity contribution in [3.8, 4) is 0 Å². The molecule has 3 rings (SSSR count). The van der Waals surface area contributed by atoms with Gasteiger partial charge in [-0.05, 0) is 43.5 Å². The fourth-order valence-corrected chi connectivity index (χ4v) is 4.88. The molecule has 0 bridgehead atoms. The Bertz CT molecular complexity index is 1270. The van der Waals surface area contributed by atoms with E-state index in [1.54, 1.807) is 12.1 Å². The van der Waals surface area contributed by atoms with Crippen LogP contribution in [0.5, 0.6) is 0 Å². The number of aromatic nitrogens is 1. The molecule has 0 aliphatic heterocycles. The summed E-state index contributed by atoms with van der Waals surface area (Å²) < 4.78 is 37.8. The quantitative estimate of drug-likeness (QED) is 0.293. The molecule has 1 aromatic heterocycles. The van der Waals surface area contributed by atoms with E-state index in [0.717, 1.165) is 21.7 Å². The average molecular weight is 533 g/mol. The summed E-state index contributed by atoms with van der Waals surface area (Å²) in [6.07, 6.45) is -0.0912. The Morgan fingerprint density at radius 3 is 2.19 bits per heavy atom. The van der Waals surface area contributed by atoms with E-state index in [9.17, 15) is 18.0 Å². The fraction of sp³-hybridized carbons (Fsp3) is 0.292. The number of nitrogens with one attached hydrogen (secondary N) is 3. The molecule has 4 N–H and O–H groups in total. The zero-order valence-corrected chi connectivity index (χ0v) is 21.7. The van der Waals surface area contributed by atoms with Gasteiger partial charge in [0, 0.05) is 11.3 Å². The number of benzene rings is 2. The topological polar surface area (TPSA) is 147 Å². The van der Waals surface area contributed by atoms with Crippen LogP contribution in [0.2, 0.25) is 0 Å². The third kappa shape index (κ3) is 8.04. The molecule has 3 aromatic rings. The Morgan fingerprint density at radius 2 is 1.64 bits per heavy atom. The molecular formula is C24H28N4O6S2. The summed E-state index contributed by atoms with van der Waals surface area (Å²) in [7, 11) is -3.15. The molecule has 0 saturated carbocycles. The predicted octanol–water partition coefficient (Wildman–Crippen LogP) is 3.34. The molecule has 36 heavy (non-hydrogen) atoms. The number of methoxy groups -OCH3 is 1. The average Bonchev–Trinajstić information content (AvgIpc) is 3.17. The number of carbonyl (C=O) groups is 2. The smallest absolute Gasteiger partial charge is 0.407 e. The molecule has 0 radical (unpaired) electrons. The van der Waals surface area contributed by atoms with Gasteiger partial charge in [-0.25, -0.2) is 9.78 Å². The first-order valence-electron chi connectivity index (χ1n) is 11.0. The van der Waals surface area contributed by atoms with E-state index in [1.807, 2.05) is 48.9 Å². The molecule has 2 aromatic carbocycles. The Labute approximate surface area is 214 Å². The van der Waals surface area contributed by atoms with Gasteiger partial charge in [-0.15, -0.1) is 11.3 Å². The second-order valence-electron chi connectivity index (χ2n) is 8.11. The normalized spacial score (nSPS) is 12.9. The number of hydrogen-bond acceptors (Lipinski definition) is 7. The maximum Gasteiger partial charge on any atom is 0.407 e. The van der Waals surface area contributed by atoms with Crippen LogP contribution >= 0.6 is 11.3 Å². The SMILES string of the molecule is COC(=O)NC(Cc1ccccc1)C(=O)NC(Cc1ccc(NS(=O)(=O)O)cc1)c1nc(C)c(C)s1. The van der Waals surface area contributed by atoms with Gasteiger partial charge in [0.15, 0.2) is 0 Å². The summed E-state index contributed by atoms with van der Waals surface area (Å²) in [6.45, 7) is 3.84. The van der Waals surface area contributed by atoms with E-state index in [-0.39, 0.29) is 12.1 Å². The van der Waals surface area contributed by atoms with Crippen molar-refractivity contribution < 1.29 is 27.3 Å². The van der Waals surface area contributed by atoms with Crippen molar-refractivity contribution in [2.24, 2.45) is 0 Å². The van der Waals surface area contributed by atoms with Crippen LogP contribution in [-0.2, 0) is 32.7 Å². The first-order valence-corrected chi connectivity index (χ1v) is 13.3. The fourth-order valence-electron chi connectivity index (χ4n) is 3.47. The van der Waals surface area contributed by atoms with Crippen LogP contribution in [0.3, 0.4) is 0 Å². The van der Waals surface area contributed by atoms with Gasteiger partial charge >= 0.3 is 16.4 Å². The van der Waals surface area contributed by atoms with Gasteiger partial charge in [-0.3, -0.25) is 14.1 Å². The second kappa shape index (κ2) is 12.0. The van der Waals surface area contributed by atoms with Crippen molar-refractivity contribution >= 4 is 39.3 Å². The van der Waals surface area contributed by atoms with E-state index >= 15 is 0 Å². The summed E-state index contributed by atoms with van der Waals surface area (Å²) in [6, 6.07) is 14.3. The number of rotatable bonds is 10. The summed E-state index contributed by atoms with van der Waals surface area (Å²) >= 11 is 1.47.